The Bertz CT molecular complexity index is 987. The first-order valence-corrected chi connectivity index (χ1v) is 10.3. The second-order valence-corrected chi connectivity index (χ2v) is 7.83. The lowest BCUT2D eigenvalue weighted by Gasteiger charge is -2.10. The summed E-state index contributed by atoms with van der Waals surface area (Å²) in [5.41, 5.74) is 3.57. The van der Waals surface area contributed by atoms with Crippen molar-refractivity contribution in [2.45, 2.75) is 32.7 Å². The average Bonchev–Trinajstić information content (AvgIpc) is 3.31. The summed E-state index contributed by atoms with van der Waals surface area (Å²) in [7, 11) is 0. The van der Waals surface area contributed by atoms with Gasteiger partial charge in [-0.3, -0.25) is 0 Å². The first-order chi connectivity index (χ1) is 13.3. The molecule has 0 unspecified atom stereocenters. The average molecular weight is 377 g/mol. The second kappa shape index (κ2) is 8.40. The van der Waals surface area contributed by atoms with Crippen LogP contribution in [-0.2, 0) is 13.0 Å². The van der Waals surface area contributed by atoms with Crippen molar-refractivity contribution in [1.82, 2.24) is 9.55 Å². The van der Waals surface area contributed by atoms with Gasteiger partial charge in [-0.2, -0.15) is 0 Å². The van der Waals surface area contributed by atoms with Crippen molar-refractivity contribution in [2.24, 2.45) is 0 Å². The molecule has 2 heterocycles. The Morgan fingerprint density at radius 1 is 0.963 bits per heavy atom. The Hall–Kier alpha value is -2.59. The number of aromatic nitrogens is 2. The van der Waals surface area contributed by atoms with Crippen LogP contribution in [0.25, 0.3) is 11.0 Å². The molecule has 0 amide bonds. The first-order valence-electron chi connectivity index (χ1n) is 9.45. The lowest BCUT2D eigenvalue weighted by molar-refractivity contribution is 0.303. The molecule has 0 atom stereocenters. The van der Waals surface area contributed by atoms with Gasteiger partial charge in [-0.25, -0.2) is 4.98 Å². The van der Waals surface area contributed by atoms with Gasteiger partial charge in [0.1, 0.15) is 11.6 Å². The van der Waals surface area contributed by atoms with Gasteiger partial charge in [0.25, 0.3) is 0 Å². The quantitative estimate of drug-likeness (QED) is 0.360. The van der Waals surface area contributed by atoms with E-state index in [9.17, 15) is 0 Å². The standard InChI is InChI=1S/C23H24N2OS/c1-18-10-12-19(13-11-18)26-15-5-4-14-25-22-9-3-2-8-21(22)24-23(25)17-20-7-6-16-27-20/h2-3,6-13,16H,4-5,14-15,17H2,1H3. The largest absolute Gasteiger partial charge is 0.494 e. The van der Waals surface area contributed by atoms with Crippen molar-refractivity contribution in [3.05, 3.63) is 82.3 Å². The van der Waals surface area contributed by atoms with E-state index in [-0.39, 0.29) is 0 Å². The molecule has 0 saturated carbocycles. The number of unbranched alkanes of at least 4 members (excludes halogenated alkanes) is 1. The van der Waals surface area contributed by atoms with Crippen molar-refractivity contribution in [1.29, 1.82) is 0 Å². The minimum Gasteiger partial charge on any atom is -0.494 e. The van der Waals surface area contributed by atoms with Crippen molar-refractivity contribution in [2.75, 3.05) is 6.61 Å². The van der Waals surface area contributed by atoms with Gasteiger partial charge in [-0.05, 0) is 55.5 Å². The van der Waals surface area contributed by atoms with Crippen molar-refractivity contribution >= 4 is 22.4 Å². The van der Waals surface area contributed by atoms with E-state index in [1.54, 1.807) is 11.3 Å². The monoisotopic (exact) mass is 376 g/mol. The molecule has 0 N–H and O–H groups in total. The van der Waals surface area contributed by atoms with Crippen LogP contribution in [0.2, 0.25) is 0 Å². The number of rotatable bonds is 8. The third kappa shape index (κ3) is 4.40. The number of aryl methyl sites for hydroxylation is 2. The zero-order valence-electron chi connectivity index (χ0n) is 15.6. The number of benzene rings is 2. The van der Waals surface area contributed by atoms with E-state index in [0.29, 0.717) is 0 Å². The molecule has 4 aromatic rings. The summed E-state index contributed by atoms with van der Waals surface area (Å²) in [4.78, 5) is 6.24. The Kier molecular flexibility index (Phi) is 5.54. The van der Waals surface area contributed by atoms with E-state index in [0.717, 1.165) is 49.5 Å². The predicted molar refractivity (Wildman–Crippen MR) is 113 cm³/mol. The lowest BCUT2D eigenvalue weighted by atomic mass is 10.2. The molecule has 27 heavy (non-hydrogen) atoms. The highest BCUT2D eigenvalue weighted by atomic mass is 32.1. The number of thiophene rings is 1. The van der Waals surface area contributed by atoms with Crippen LogP contribution in [-0.4, -0.2) is 16.2 Å². The number of ether oxygens (including phenoxy) is 1. The van der Waals surface area contributed by atoms with E-state index < -0.39 is 0 Å². The fourth-order valence-electron chi connectivity index (χ4n) is 3.28. The lowest BCUT2D eigenvalue weighted by Crippen LogP contribution is -2.06. The molecule has 3 nitrogen and oxygen atoms in total. The van der Waals surface area contributed by atoms with Gasteiger partial charge >= 0.3 is 0 Å². The molecule has 138 valence electrons. The van der Waals surface area contributed by atoms with Gasteiger partial charge in [0, 0.05) is 17.8 Å². The van der Waals surface area contributed by atoms with Gasteiger partial charge in [0.05, 0.1) is 17.6 Å². The third-order valence-corrected chi connectivity index (χ3v) is 5.59. The first kappa shape index (κ1) is 17.8. The zero-order chi connectivity index (χ0) is 18.5. The molecule has 0 bridgehead atoms. The molecule has 0 fully saturated rings. The fraction of sp³-hybridized carbons (Fsp3) is 0.261. The van der Waals surface area contributed by atoms with E-state index in [1.807, 2.05) is 12.1 Å². The molecule has 0 spiro atoms. The van der Waals surface area contributed by atoms with Gasteiger partial charge in [-0.1, -0.05) is 35.9 Å². The van der Waals surface area contributed by atoms with Crippen LogP contribution >= 0.6 is 11.3 Å². The summed E-state index contributed by atoms with van der Waals surface area (Å²) in [6.07, 6.45) is 2.99. The number of hydrogen-bond acceptors (Lipinski definition) is 3. The van der Waals surface area contributed by atoms with Crippen molar-refractivity contribution in [3.63, 3.8) is 0 Å². The number of hydrogen-bond donors (Lipinski definition) is 0. The molecular formula is C23H24N2OS. The third-order valence-electron chi connectivity index (χ3n) is 4.71. The Labute approximate surface area is 164 Å². The highest BCUT2D eigenvalue weighted by Crippen LogP contribution is 2.21. The van der Waals surface area contributed by atoms with Crippen LogP contribution in [0.3, 0.4) is 0 Å². The number of para-hydroxylation sites is 2. The molecule has 0 aliphatic heterocycles. The van der Waals surface area contributed by atoms with Crippen LogP contribution in [0.1, 0.15) is 29.1 Å². The summed E-state index contributed by atoms with van der Waals surface area (Å²) < 4.78 is 8.24. The highest BCUT2D eigenvalue weighted by molar-refractivity contribution is 7.09. The maximum absolute atomic E-state index is 5.86. The van der Waals surface area contributed by atoms with Crippen molar-refractivity contribution < 1.29 is 4.74 Å². The van der Waals surface area contributed by atoms with Crippen LogP contribution < -0.4 is 4.74 Å². The Balaban J connectivity index is 1.39. The Morgan fingerprint density at radius 2 is 1.81 bits per heavy atom. The van der Waals surface area contributed by atoms with Gasteiger partial charge in [0.2, 0.25) is 0 Å². The molecule has 4 heteroatoms. The van der Waals surface area contributed by atoms with Crippen LogP contribution in [0.15, 0.2) is 66.0 Å². The number of nitrogens with zero attached hydrogens (tertiary/aromatic N) is 2. The molecule has 4 rings (SSSR count). The zero-order valence-corrected chi connectivity index (χ0v) is 16.4. The maximum atomic E-state index is 5.86. The highest BCUT2D eigenvalue weighted by Gasteiger charge is 2.11. The maximum Gasteiger partial charge on any atom is 0.119 e. The van der Waals surface area contributed by atoms with Gasteiger partial charge in [0.15, 0.2) is 0 Å². The molecule has 0 aliphatic carbocycles. The smallest absolute Gasteiger partial charge is 0.119 e. The van der Waals surface area contributed by atoms with Crippen LogP contribution in [0.4, 0.5) is 0 Å². The number of fused-ring (bicyclic) bond motifs is 1. The summed E-state index contributed by atoms with van der Waals surface area (Å²) in [5, 5.41) is 2.13. The molecule has 2 aromatic carbocycles. The van der Waals surface area contributed by atoms with Gasteiger partial charge in [-0.15, -0.1) is 11.3 Å². The molecular weight excluding hydrogens is 352 g/mol. The van der Waals surface area contributed by atoms with E-state index in [2.05, 4.69) is 65.4 Å². The number of imidazole rings is 1. The molecule has 0 aliphatic rings. The van der Waals surface area contributed by atoms with E-state index >= 15 is 0 Å². The predicted octanol–water partition coefficient (Wildman–Crippen LogP) is 5.86. The van der Waals surface area contributed by atoms with E-state index in [1.165, 1.54) is 16.0 Å². The van der Waals surface area contributed by atoms with Crippen LogP contribution in [0.5, 0.6) is 5.75 Å². The summed E-state index contributed by atoms with van der Waals surface area (Å²) in [6.45, 7) is 3.81. The minimum absolute atomic E-state index is 0.746. The van der Waals surface area contributed by atoms with Crippen molar-refractivity contribution in [3.8, 4) is 5.75 Å². The molecule has 2 aromatic heterocycles. The van der Waals surface area contributed by atoms with E-state index in [4.69, 9.17) is 9.72 Å². The topological polar surface area (TPSA) is 27.1 Å². The van der Waals surface area contributed by atoms with Gasteiger partial charge < -0.3 is 9.30 Å². The van der Waals surface area contributed by atoms with Crippen LogP contribution in [0, 0.1) is 6.92 Å². The SMILES string of the molecule is Cc1ccc(OCCCCn2c(Cc3cccs3)nc3ccccc32)cc1. The summed E-state index contributed by atoms with van der Waals surface area (Å²) >= 11 is 1.79. The minimum atomic E-state index is 0.746. The Morgan fingerprint density at radius 3 is 2.63 bits per heavy atom. The second-order valence-electron chi connectivity index (χ2n) is 6.79. The molecule has 0 radical (unpaired) electrons. The summed E-state index contributed by atoms with van der Waals surface area (Å²) in [5.74, 6) is 2.10. The normalized spacial score (nSPS) is 11.1. The molecule has 0 saturated heterocycles. The summed E-state index contributed by atoms with van der Waals surface area (Å²) in [6, 6.07) is 21.0. The fourth-order valence-corrected chi connectivity index (χ4v) is 3.98.